The van der Waals surface area contributed by atoms with Gasteiger partial charge >= 0.3 is 6.18 Å². The first kappa shape index (κ1) is 24.4. The van der Waals surface area contributed by atoms with Crippen molar-refractivity contribution in [2.45, 2.75) is 11.1 Å². The summed E-state index contributed by atoms with van der Waals surface area (Å²) in [5, 5.41) is 0.375. The minimum atomic E-state index is -4.61. The van der Waals surface area contributed by atoms with Crippen LogP contribution in [0, 0.1) is 0 Å². The van der Waals surface area contributed by atoms with Gasteiger partial charge in [-0.15, -0.1) is 0 Å². The predicted molar refractivity (Wildman–Crippen MR) is 123 cm³/mol. The predicted octanol–water partition coefficient (Wildman–Crippen LogP) is 5.02. The maximum absolute atomic E-state index is 13.4. The van der Waals surface area contributed by atoms with Gasteiger partial charge in [0.1, 0.15) is 17.3 Å². The number of hydrogen-bond acceptors (Lipinski definition) is 6. The molecular formula is C23H15ClF3N3O4S. The third-order valence-electron chi connectivity index (χ3n) is 4.83. The van der Waals surface area contributed by atoms with E-state index in [1.807, 2.05) is 0 Å². The summed E-state index contributed by atoms with van der Waals surface area (Å²) in [6.45, 7) is 0. The average Bonchev–Trinajstić information content (AvgIpc) is 2.78. The first-order chi connectivity index (χ1) is 16.4. The van der Waals surface area contributed by atoms with Crippen LogP contribution >= 0.6 is 11.6 Å². The molecule has 35 heavy (non-hydrogen) atoms. The fraction of sp³-hybridized carbons (Fsp3) is 0.0870. The number of benzene rings is 3. The van der Waals surface area contributed by atoms with Crippen molar-refractivity contribution in [3.8, 4) is 22.9 Å². The second kappa shape index (κ2) is 9.16. The molecule has 0 saturated heterocycles. The van der Waals surface area contributed by atoms with E-state index >= 15 is 0 Å². The molecule has 0 aliphatic carbocycles. The van der Waals surface area contributed by atoms with Crippen LogP contribution in [0.1, 0.15) is 5.56 Å². The van der Waals surface area contributed by atoms with E-state index in [0.29, 0.717) is 0 Å². The van der Waals surface area contributed by atoms with Crippen LogP contribution < -0.4 is 10.5 Å². The molecule has 1 aromatic heterocycles. The molecule has 0 fully saturated rings. The summed E-state index contributed by atoms with van der Waals surface area (Å²) in [7, 11) is -3.96. The van der Waals surface area contributed by atoms with Gasteiger partial charge in [-0.1, -0.05) is 29.8 Å². The zero-order valence-electron chi connectivity index (χ0n) is 17.6. The SMILES string of the molecule is NC(=O)CS(=O)(=O)c1cccc(Oc2ccc(Cl)c(-c3ncc4cccc(C(F)(F)F)c4n3)c2)c1. The fourth-order valence-corrected chi connectivity index (χ4v) is 4.62. The molecular weight excluding hydrogens is 507 g/mol. The number of nitrogens with zero attached hydrogens (tertiary/aromatic N) is 2. The van der Waals surface area contributed by atoms with E-state index in [4.69, 9.17) is 22.1 Å². The molecule has 0 saturated carbocycles. The number of aromatic nitrogens is 2. The minimum Gasteiger partial charge on any atom is -0.457 e. The number of carbonyl (C=O) groups excluding carboxylic acids is 1. The highest BCUT2D eigenvalue weighted by Gasteiger charge is 2.33. The Labute approximate surface area is 202 Å². The molecule has 0 spiro atoms. The number of hydrogen-bond donors (Lipinski definition) is 1. The minimum absolute atomic E-state index is 0.0533. The van der Waals surface area contributed by atoms with Crippen LogP contribution in [-0.4, -0.2) is 30.0 Å². The van der Waals surface area contributed by atoms with Crippen molar-refractivity contribution < 1.29 is 31.1 Å². The number of fused-ring (bicyclic) bond motifs is 1. The van der Waals surface area contributed by atoms with Gasteiger partial charge in [-0.2, -0.15) is 13.2 Å². The molecule has 12 heteroatoms. The van der Waals surface area contributed by atoms with Gasteiger partial charge in [-0.25, -0.2) is 18.4 Å². The third kappa shape index (κ3) is 5.36. The number of halogens is 4. The van der Waals surface area contributed by atoms with Gasteiger partial charge in [0, 0.05) is 17.1 Å². The fourth-order valence-electron chi connectivity index (χ4n) is 3.29. The standard InChI is InChI=1S/C23H15ClF3N3O4S/c24-19-8-7-15(34-14-4-2-5-16(9-14)35(32,33)12-20(28)31)10-17(19)22-29-11-13-3-1-6-18(21(13)30-22)23(25,26)27/h1-11H,12H2,(H2,28,31). The summed E-state index contributed by atoms with van der Waals surface area (Å²) in [5.74, 6) is -1.59. The van der Waals surface area contributed by atoms with Crippen LogP contribution in [0.15, 0.2) is 71.8 Å². The highest BCUT2D eigenvalue weighted by atomic mass is 35.5. The Hall–Kier alpha value is -3.70. The van der Waals surface area contributed by atoms with Crippen molar-refractivity contribution in [1.82, 2.24) is 9.97 Å². The van der Waals surface area contributed by atoms with E-state index in [1.54, 1.807) is 0 Å². The van der Waals surface area contributed by atoms with Gasteiger partial charge in [0.05, 0.1) is 21.0 Å². The monoisotopic (exact) mass is 521 g/mol. The summed E-state index contributed by atoms with van der Waals surface area (Å²) in [4.78, 5) is 19.1. The number of rotatable bonds is 6. The maximum atomic E-state index is 13.4. The van der Waals surface area contributed by atoms with Gasteiger partial charge in [0.25, 0.3) is 0 Å². The number of alkyl halides is 3. The third-order valence-corrected chi connectivity index (χ3v) is 6.79. The lowest BCUT2D eigenvalue weighted by Crippen LogP contribution is -2.23. The van der Waals surface area contributed by atoms with Gasteiger partial charge in [0.15, 0.2) is 15.7 Å². The summed E-state index contributed by atoms with van der Waals surface area (Å²) in [6, 6.07) is 13.4. The van der Waals surface area contributed by atoms with E-state index < -0.39 is 33.2 Å². The average molecular weight is 522 g/mol. The van der Waals surface area contributed by atoms with Crippen molar-refractivity contribution in [2.24, 2.45) is 5.73 Å². The molecule has 0 atom stereocenters. The molecule has 2 N–H and O–H groups in total. The Kier molecular flexibility index (Phi) is 6.39. The Balaban J connectivity index is 1.71. The number of sulfone groups is 1. The molecule has 3 aromatic carbocycles. The van der Waals surface area contributed by atoms with Crippen molar-refractivity contribution in [1.29, 1.82) is 0 Å². The molecule has 7 nitrogen and oxygen atoms in total. The van der Waals surface area contributed by atoms with E-state index in [9.17, 15) is 26.4 Å². The zero-order chi connectivity index (χ0) is 25.4. The topological polar surface area (TPSA) is 112 Å². The van der Waals surface area contributed by atoms with Crippen molar-refractivity contribution in [3.63, 3.8) is 0 Å². The van der Waals surface area contributed by atoms with Gasteiger partial charge in [-0.3, -0.25) is 4.79 Å². The molecule has 4 rings (SSSR count). The molecule has 0 aliphatic heterocycles. The Morgan fingerprint density at radius 1 is 1.03 bits per heavy atom. The van der Waals surface area contributed by atoms with Gasteiger partial charge in [0.2, 0.25) is 5.91 Å². The quantitative estimate of drug-likeness (QED) is 0.381. The summed E-state index contributed by atoms with van der Waals surface area (Å²) in [6.07, 6.45) is -3.34. The summed E-state index contributed by atoms with van der Waals surface area (Å²) < 4.78 is 70.6. The van der Waals surface area contributed by atoms with Crippen molar-refractivity contribution in [2.75, 3.05) is 5.75 Å². The van der Waals surface area contributed by atoms with Crippen molar-refractivity contribution >= 4 is 38.2 Å². The van der Waals surface area contributed by atoms with Crippen molar-refractivity contribution in [3.05, 3.63) is 77.4 Å². The molecule has 0 unspecified atom stereocenters. The Morgan fingerprint density at radius 3 is 2.46 bits per heavy atom. The molecule has 0 bridgehead atoms. The maximum Gasteiger partial charge on any atom is 0.418 e. The van der Waals surface area contributed by atoms with Gasteiger partial charge < -0.3 is 10.5 Å². The van der Waals surface area contributed by atoms with Crippen LogP contribution in [0.25, 0.3) is 22.3 Å². The number of amides is 1. The van der Waals surface area contributed by atoms with E-state index in [-0.39, 0.29) is 43.7 Å². The van der Waals surface area contributed by atoms with Crippen LogP contribution in [0.3, 0.4) is 0 Å². The largest absolute Gasteiger partial charge is 0.457 e. The molecule has 4 aromatic rings. The lowest BCUT2D eigenvalue weighted by atomic mass is 10.1. The molecule has 1 heterocycles. The Bertz CT molecular complexity index is 1560. The van der Waals surface area contributed by atoms with Crippen LogP contribution in [-0.2, 0) is 20.8 Å². The molecule has 0 radical (unpaired) electrons. The molecule has 180 valence electrons. The highest BCUT2D eigenvalue weighted by Crippen LogP contribution is 2.36. The normalized spacial score (nSPS) is 12.0. The smallest absolute Gasteiger partial charge is 0.418 e. The van der Waals surface area contributed by atoms with E-state index in [2.05, 4.69) is 9.97 Å². The van der Waals surface area contributed by atoms with Crippen LogP contribution in [0.2, 0.25) is 5.02 Å². The highest BCUT2D eigenvalue weighted by molar-refractivity contribution is 7.92. The van der Waals surface area contributed by atoms with E-state index in [0.717, 1.165) is 6.07 Å². The van der Waals surface area contributed by atoms with Crippen LogP contribution in [0.5, 0.6) is 11.5 Å². The first-order valence-corrected chi connectivity index (χ1v) is 11.9. The second-order valence-electron chi connectivity index (χ2n) is 7.38. The lowest BCUT2D eigenvalue weighted by Gasteiger charge is -2.12. The molecule has 0 aliphatic rings. The number of nitrogens with two attached hydrogens (primary N) is 1. The first-order valence-electron chi connectivity index (χ1n) is 9.86. The number of primary amides is 1. The van der Waals surface area contributed by atoms with Crippen LogP contribution in [0.4, 0.5) is 13.2 Å². The zero-order valence-corrected chi connectivity index (χ0v) is 19.2. The second-order valence-corrected chi connectivity index (χ2v) is 9.78. The number of carbonyl (C=O) groups is 1. The number of ether oxygens (including phenoxy) is 1. The summed E-state index contributed by atoms with van der Waals surface area (Å²) in [5.41, 5.74) is 4.02. The number of para-hydroxylation sites is 1. The van der Waals surface area contributed by atoms with E-state index in [1.165, 1.54) is 60.8 Å². The summed E-state index contributed by atoms with van der Waals surface area (Å²) >= 11 is 6.27. The molecule has 1 amide bonds. The van der Waals surface area contributed by atoms with Gasteiger partial charge in [-0.05, 0) is 42.5 Å². The lowest BCUT2D eigenvalue weighted by molar-refractivity contribution is -0.136. The Morgan fingerprint density at radius 2 is 1.74 bits per heavy atom.